The molecule has 1 fully saturated rings. The number of carbonyl (C=O) groups is 2. The summed E-state index contributed by atoms with van der Waals surface area (Å²) in [6, 6.07) is 21.3. The van der Waals surface area contributed by atoms with Crippen LogP contribution in [-0.2, 0) is 24.4 Å². The zero-order valence-corrected chi connectivity index (χ0v) is 24.8. The number of nitrogens with zero attached hydrogens (tertiary/aromatic N) is 2. The van der Waals surface area contributed by atoms with E-state index in [0.717, 1.165) is 16.7 Å². The Balaban J connectivity index is 1.40. The van der Waals surface area contributed by atoms with E-state index in [9.17, 15) is 14.0 Å². The van der Waals surface area contributed by atoms with Crippen LogP contribution in [0.5, 0.6) is 11.5 Å². The van der Waals surface area contributed by atoms with Crippen molar-refractivity contribution in [3.63, 3.8) is 0 Å². The second-order valence-corrected chi connectivity index (χ2v) is 11.4. The number of methoxy groups -OCH3 is 1. The fourth-order valence-corrected chi connectivity index (χ4v) is 4.80. The Kier molecular flexibility index (Phi) is 10.3. The standard InChI is InChI=1S/C33H40FN3O5/c1-33(2,3)42-32(39)36-18-16-28(17-19-36)37(22-24-10-13-27(34)14-11-24)31(38)35-21-26-12-15-29(30(20-26)40-4)41-23-25-8-6-5-7-9-25/h5-15,20,28H,16-19,21-23H2,1-4H3,(H,35,38). The van der Waals surface area contributed by atoms with E-state index in [1.165, 1.54) is 12.1 Å². The fourth-order valence-electron chi connectivity index (χ4n) is 4.80. The number of likely N-dealkylation sites (tertiary alicyclic amines) is 1. The van der Waals surface area contributed by atoms with Gasteiger partial charge in [0.25, 0.3) is 0 Å². The Morgan fingerprint density at radius 2 is 1.60 bits per heavy atom. The number of piperidine rings is 1. The molecule has 0 aromatic heterocycles. The lowest BCUT2D eigenvalue weighted by molar-refractivity contribution is 0.0161. The van der Waals surface area contributed by atoms with Crippen LogP contribution >= 0.6 is 0 Å². The minimum absolute atomic E-state index is 0.1000. The molecule has 3 amide bonds. The van der Waals surface area contributed by atoms with Gasteiger partial charge in [-0.3, -0.25) is 0 Å². The molecule has 3 aromatic carbocycles. The Morgan fingerprint density at radius 1 is 0.929 bits per heavy atom. The molecule has 3 aromatic rings. The quantitative estimate of drug-likeness (QED) is 0.313. The zero-order valence-electron chi connectivity index (χ0n) is 24.8. The van der Waals surface area contributed by atoms with Crippen molar-refractivity contribution in [1.82, 2.24) is 15.1 Å². The minimum Gasteiger partial charge on any atom is -0.493 e. The number of hydrogen-bond acceptors (Lipinski definition) is 5. The number of urea groups is 1. The SMILES string of the molecule is COc1cc(CNC(=O)N(Cc2ccc(F)cc2)C2CCN(C(=O)OC(C)(C)C)CC2)ccc1OCc1ccccc1. The molecule has 0 radical (unpaired) electrons. The van der Waals surface area contributed by atoms with Crippen molar-refractivity contribution < 1.29 is 28.2 Å². The highest BCUT2D eigenvalue weighted by atomic mass is 19.1. The number of carbonyl (C=O) groups excluding carboxylic acids is 2. The number of rotatable bonds is 9. The first-order valence-corrected chi connectivity index (χ1v) is 14.2. The fraction of sp³-hybridized carbons (Fsp3) is 0.394. The summed E-state index contributed by atoms with van der Waals surface area (Å²) in [6.45, 7) is 7.50. The van der Waals surface area contributed by atoms with Gasteiger partial charge in [0.2, 0.25) is 0 Å². The summed E-state index contributed by atoms with van der Waals surface area (Å²) in [6.07, 6.45) is 0.866. The molecular formula is C33H40FN3O5. The largest absolute Gasteiger partial charge is 0.493 e. The van der Waals surface area contributed by atoms with Gasteiger partial charge in [0, 0.05) is 32.2 Å². The second-order valence-electron chi connectivity index (χ2n) is 11.4. The van der Waals surface area contributed by atoms with Gasteiger partial charge >= 0.3 is 12.1 Å². The van der Waals surface area contributed by atoms with E-state index in [1.54, 1.807) is 29.0 Å². The van der Waals surface area contributed by atoms with Crippen molar-refractivity contribution in [1.29, 1.82) is 0 Å². The van der Waals surface area contributed by atoms with Crippen molar-refractivity contribution in [3.8, 4) is 11.5 Å². The first kappa shape index (κ1) is 30.7. The van der Waals surface area contributed by atoms with Crippen LogP contribution in [-0.4, -0.2) is 53.8 Å². The van der Waals surface area contributed by atoms with E-state index >= 15 is 0 Å². The molecule has 1 saturated heterocycles. The molecule has 0 aliphatic carbocycles. The minimum atomic E-state index is -0.572. The van der Waals surface area contributed by atoms with Crippen LogP contribution < -0.4 is 14.8 Å². The summed E-state index contributed by atoms with van der Waals surface area (Å²) < 4.78 is 30.6. The molecule has 9 heteroatoms. The molecule has 42 heavy (non-hydrogen) atoms. The lowest BCUT2D eigenvalue weighted by Gasteiger charge is -2.39. The van der Waals surface area contributed by atoms with Crippen LogP contribution in [0, 0.1) is 5.82 Å². The molecule has 4 rings (SSSR count). The third kappa shape index (κ3) is 8.86. The number of halogens is 1. The Bertz CT molecular complexity index is 1320. The molecule has 0 saturated carbocycles. The van der Waals surface area contributed by atoms with Crippen LogP contribution in [0.4, 0.5) is 14.0 Å². The van der Waals surface area contributed by atoms with Gasteiger partial charge in [-0.15, -0.1) is 0 Å². The van der Waals surface area contributed by atoms with Crippen LogP contribution in [0.25, 0.3) is 0 Å². The van der Waals surface area contributed by atoms with E-state index in [1.807, 2.05) is 69.3 Å². The average molecular weight is 578 g/mol. The van der Waals surface area contributed by atoms with E-state index in [-0.39, 0.29) is 30.5 Å². The van der Waals surface area contributed by atoms with Crippen molar-refractivity contribution in [2.45, 2.75) is 65.0 Å². The van der Waals surface area contributed by atoms with Gasteiger partial charge in [-0.1, -0.05) is 48.5 Å². The van der Waals surface area contributed by atoms with Crippen molar-refractivity contribution >= 4 is 12.1 Å². The predicted octanol–water partition coefficient (Wildman–Crippen LogP) is 6.52. The highest BCUT2D eigenvalue weighted by Gasteiger charge is 2.31. The summed E-state index contributed by atoms with van der Waals surface area (Å²) in [5, 5.41) is 3.03. The third-order valence-corrected chi connectivity index (χ3v) is 6.99. The van der Waals surface area contributed by atoms with Gasteiger partial charge in [0.1, 0.15) is 18.0 Å². The number of nitrogens with one attached hydrogen (secondary N) is 1. The first-order chi connectivity index (χ1) is 20.1. The second kappa shape index (κ2) is 14.1. The summed E-state index contributed by atoms with van der Waals surface area (Å²) in [5.41, 5.74) is 2.16. The van der Waals surface area contributed by atoms with Crippen LogP contribution in [0.2, 0.25) is 0 Å². The van der Waals surface area contributed by atoms with E-state index in [0.29, 0.717) is 50.6 Å². The van der Waals surface area contributed by atoms with Gasteiger partial charge in [-0.05, 0) is 74.6 Å². The van der Waals surface area contributed by atoms with Crippen LogP contribution in [0.3, 0.4) is 0 Å². The van der Waals surface area contributed by atoms with Crippen LogP contribution in [0.15, 0.2) is 72.8 Å². The lowest BCUT2D eigenvalue weighted by atomic mass is 10.0. The van der Waals surface area contributed by atoms with Crippen molar-refractivity contribution in [2.24, 2.45) is 0 Å². The third-order valence-electron chi connectivity index (χ3n) is 6.99. The highest BCUT2D eigenvalue weighted by Crippen LogP contribution is 2.29. The topological polar surface area (TPSA) is 80.3 Å². The number of benzene rings is 3. The molecule has 8 nitrogen and oxygen atoms in total. The maximum Gasteiger partial charge on any atom is 0.410 e. The molecule has 0 bridgehead atoms. The molecule has 0 unspecified atom stereocenters. The van der Waals surface area contributed by atoms with Gasteiger partial charge < -0.3 is 29.3 Å². The zero-order chi connectivity index (χ0) is 30.1. The summed E-state index contributed by atoms with van der Waals surface area (Å²) in [7, 11) is 1.58. The van der Waals surface area contributed by atoms with Gasteiger partial charge in [0.05, 0.1) is 7.11 Å². The number of amides is 3. The van der Waals surface area contributed by atoms with Gasteiger partial charge in [-0.2, -0.15) is 0 Å². The number of ether oxygens (including phenoxy) is 3. The van der Waals surface area contributed by atoms with Crippen molar-refractivity contribution in [3.05, 3.63) is 95.3 Å². The molecule has 1 aliphatic rings. The summed E-state index contributed by atoms with van der Waals surface area (Å²) in [5.74, 6) is 0.868. The smallest absolute Gasteiger partial charge is 0.410 e. The monoisotopic (exact) mass is 577 g/mol. The summed E-state index contributed by atoms with van der Waals surface area (Å²) >= 11 is 0. The molecule has 1 N–H and O–H groups in total. The summed E-state index contributed by atoms with van der Waals surface area (Å²) in [4.78, 5) is 29.6. The molecule has 1 aliphatic heterocycles. The molecule has 224 valence electrons. The van der Waals surface area contributed by atoms with E-state index < -0.39 is 5.60 Å². The molecule has 0 spiro atoms. The Labute approximate surface area is 247 Å². The Hall–Kier alpha value is -4.27. The predicted molar refractivity (Wildman–Crippen MR) is 159 cm³/mol. The molecular weight excluding hydrogens is 537 g/mol. The van der Waals surface area contributed by atoms with Gasteiger partial charge in [0.15, 0.2) is 11.5 Å². The molecule has 1 heterocycles. The first-order valence-electron chi connectivity index (χ1n) is 14.2. The normalized spacial score (nSPS) is 13.8. The van der Waals surface area contributed by atoms with Crippen molar-refractivity contribution in [2.75, 3.05) is 20.2 Å². The lowest BCUT2D eigenvalue weighted by Crippen LogP contribution is -2.51. The Morgan fingerprint density at radius 3 is 2.24 bits per heavy atom. The molecule has 0 atom stereocenters. The highest BCUT2D eigenvalue weighted by molar-refractivity contribution is 5.75. The van der Waals surface area contributed by atoms with Gasteiger partial charge in [-0.25, -0.2) is 14.0 Å². The van der Waals surface area contributed by atoms with Crippen LogP contribution in [0.1, 0.15) is 50.3 Å². The maximum absolute atomic E-state index is 13.6. The average Bonchev–Trinajstić information content (AvgIpc) is 2.98. The van der Waals surface area contributed by atoms with E-state index in [4.69, 9.17) is 14.2 Å². The number of hydrogen-bond donors (Lipinski definition) is 1. The van der Waals surface area contributed by atoms with E-state index in [2.05, 4.69) is 5.32 Å². The maximum atomic E-state index is 13.6.